The van der Waals surface area contributed by atoms with Gasteiger partial charge in [-0.25, -0.2) is 0 Å². The molecule has 13 heteroatoms. The van der Waals surface area contributed by atoms with E-state index in [-0.39, 0.29) is 0 Å². The normalized spacial score (nSPS) is 15.1. The summed E-state index contributed by atoms with van der Waals surface area (Å²) >= 11 is 0. The van der Waals surface area contributed by atoms with Gasteiger partial charge in [-0.1, -0.05) is 0 Å². The third-order valence-corrected chi connectivity index (χ3v) is 22.1. The standard InChI is InChI=1S/C13H40O7Si6/c1-12-14-23(15-13-2)16-22(5)18-25(8,9)20-26(10,11)19-24(6,7)17-21(3)4/h21-23H,12-13H2,1-11H3. The Labute approximate surface area is 168 Å². The molecule has 26 heavy (non-hydrogen) atoms. The second-order valence-corrected chi connectivity index (χ2v) is 25.1. The number of hydrogen-bond donors (Lipinski definition) is 0. The van der Waals surface area contributed by atoms with Crippen LogP contribution in [0.1, 0.15) is 13.8 Å². The van der Waals surface area contributed by atoms with E-state index in [1.807, 2.05) is 33.5 Å². The molecule has 0 bridgehead atoms. The van der Waals surface area contributed by atoms with E-state index in [0.717, 1.165) is 0 Å². The third-order valence-electron chi connectivity index (χ3n) is 2.86. The maximum absolute atomic E-state index is 6.41. The van der Waals surface area contributed by atoms with Gasteiger partial charge in [-0.05, 0) is 72.8 Å². The lowest BCUT2D eigenvalue weighted by Crippen LogP contribution is -2.56. The Morgan fingerprint density at radius 1 is 0.654 bits per heavy atom. The van der Waals surface area contributed by atoms with Crippen LogP contribution in [0, 0.1) is 0 Å². The highest BCUT2D eigenvalue weighted by Crippen LogP contribution is 2.23. The van der Waals surface area contributed by atoms with Crippen molar-refractivity contribution >= 4 is 53.5 Å². The fourth-order valence-electron chi connectivity index (χ4n) is 2.80. The topological polar surface area (TPSA) is 64.6 Å². The molecular formula is C13H40O7Si6. The van der Waals surface area contributed by atoms with E-state index in [0.29, 0.717) is 13.2 Å². The first-order chi connectivity index (χ1) is 11.7. The molecule has 7 nitrogen and oxygen atoms in total. The Hall–Kier alpha value is 1.02. The van der Waals surface area contributed by atoms with Crippen molar-refractivity contribution < 1.29 is 29.4 Å². The first-order valence-electron chi connectivity index (χ1n) is 9.36. The monoisotopic (exact) mass is 476 g/mol. The molecule has 0 fully saturated rings. The highest BCUT2D eigenvalue weighted by atomic mass is 28.5. The van der Waals surface area contributed by atoms with Crippen LogP contribution in [-0.4, -0.2) is 66.7 Å². The smallest absolute Gasteiger partial charge is 0.440 e. The maximum Gasteiger partial charge on any atom is 0.475 e. The van der Waals surface area contributed by atoms with Gasteiger partial charge in [0.15, 0.2) is 9.04 Å². The molecule has 0 saturated heterocycles. The zero-order valence-corrected chi connectivity index (χ0v) is 25.0. The van der Waals surface area contributed by atoms with Crippen LogP contribution in [0.4, 0.5) is 0 Å². The lowest BCUT2D eigenvalue weighted by molar-refractivity contribution is 0.144. The van der Waals surface area contributed by atoms with Crippen molar-refractivity contribution in [3.8, 4) is 0 Å². The fourth-order valence-corrected chi connectivity index (χ4v) is 25.0. The van der Waals surface area contributed by atoms with Crippen molar-refractivity contribution in [3.05, 3.63) is 0 Å². The molecule has 0 amide bonds. The Morgan fingerprint density at radius 2 is 1.08 bits per heavy atom. The quantitative estimate of drug-likeness (QED) is 0.357. The molecule has 0 aromatic rings. The molecule has 0 rings (SSSR count). The van der Waals surface area contributed by atoms with Crippen LogP contribution in [0.2, 0.25) is 58.9 Å². The summed E-state index contributed by atoms with van der Waals surface area (Å²) in [7, 11) is -12.1. The van der Waals surface area contributed by atoms with E-state index in [1.165, 1.54) is 0 Å². The van der Waals surface area contributed by atoms with E-state index in [2.05, 4.69) is 39.3 Å². The summed E-state index contributed by atoms with van der Waals surface area (Å²) in [4.78, 5) is 0. The summed E-state index contributed by atoms with van der Waals surface area (Å²) in [5, 5.41) is 0. The van der Waals surface area contributed by atoms with Crippen LogP contribution in [0.15, 0.2) is 0 Å². The van der Waals surface area contributed by atoms with E-state index in [4.69, 9.17) is 29.4 Å². The predicted octanol–water partition coefficient (Wildman–Crippen LogP) is 2.80. The van der Waals surface area contributed by atoms with Gasteiger partial charge in [0.05, 0.1) is 0 Å². The van der Waals surface area contributed by atoms with Gasteiger partial charge in [0.1, 0.15) is 0 Å². The van der Waals surface area contributed by atoms with E-state index >= 15 is 0 Å². The zero-order chi connectivity index (χ0) is 20.6. The summed E-state index contributed by atoms with van der Waals surface area (Å²) in [5.41, 5.74) is 0. The fraction of sp³-hybridized carbons (Fsp3) is 1.00. The molecule has 0 aromatic heterocycles. The average molecular weight is 477 g/mol. The Bertz CT molecular complexity index is 391. The SMILES string of the molecule is CCO[SiH](OCC)O[SiH](C)O[Si](C)(C)O[Si](C)(C)O[Si](C)(C)O[SiH](C)C. The average Bonchev–Trinajstić information content (AvgIpc) is 2.32. The second-order valence-electron chi connectivity index (χ2n) is 7.59. The lowest BCUT2D eigenvalue weighted by Gasteiger charge is -2.39. The highest BCUT2D eigenvalue weighted by Gasteiger charge is 2.43. The Kier molecular flexibility index (Phi) is 12.4. The molecule has 0 saturated carbocycles. The van der Waals surface area contributed by atoms with Crippen molar-refractivity contribution in [3.63, 3.8) is 0 Å². The van der Waals surface area contributed by atoms with Crippen molar-refractivity contribution in [2.45, 2.75) is 72.8 Å². The van der Waals surface area contributed by atoms with Gasteiger partial charge in [-0.3, -0.25) is 0 Å². The molecule has 0 aliphatic rings. The minimum Gasteiger partial charge on any atom is -0.440 e. The van der Waals surface area contributed by atoms with Crippen molar-refractivity contribution in [1.29, 1.82) is 0 Å². The largest absolute Gasteiger partial charge is 0.475 e. The molecule has 1 unspecified atom stereocenters. The van der Waals surface area contributed by atoms with Crippen LogP contribution < -0.4 is 0 Å². The first-order valence-corrected chi connectivity index (χ1v) is 24.1. The molecule has 0 aliphatic carbocycles. The molecule has 0 aliphatic heterocycles. The minimum atomic E-state index is -2.39. The van der Waals surface area contributed by atoms with Crippen molar-refractivity contribution in [1.82, 2.24) is 0 Å². The lowest BCUT2D eigenvalue weighted by atomic mass is 10.9. The number of rotatable bonds is 14. The van der Waals surface area contributed by atoms with E-state index in [1.54, 1.807) is 0 Å². The minimum absolute atomic E-state index is 0.585. The van der Waals surface area contributed by atoms with Gasteiger partial charge in [0, 0.05) is 13.2 Å². The van der Waals surface area contributed by atoms with Crippen LogP contribution in [-0.2, 0) is 29.4 Å². The van der Waals surface area contributed by atoms with E-state index < -0.39 is 53.5 Å². The van der Waals surface area contributed by atoms with Crippen molar-refractivity contribution in [2.24, 2.45) is 0 Å². The Morgan fingerprint density at radius 3 is 1.46 bits per heavy atom. The van der Waals surface area contributed by atoms with Gasteiger partial charge < -0.3 is 29.4 Å². The summed E-state index contributed by atoms with van der Waals surface area (Å²) in [6, 6.07) is 0. The van der Waals surface area contributed by atoms with Crippen LogP contribution in [0.3, 0.4) is 0 Å². The zero-order valence-electron chi connectivity index (χ0n) is 18.5. The maximum atomic E-state index is 6.41. The summed E-state index contributed by atoms with van der Waals surface area (Å²) in [6.45, 7) is 23.8. The van der Waals surface area contributed by atoms with Gasteiger partial charge in [0.25, 0.3) is 0 Å². The predicted molar refractivity (Wildman–Crippen MR) is 120 cm³/mol. The van der Waals surface area contributed by atoms with Gasteiger partial charge in [-0.15, -0.1) is 0 Å². The van der Waals surface area contributed by atoms with E-state index in [9.17, 15) is 0 Å². The number of hydrogen-bond acceptors (Lipinski definition) is 7. The first kappa shape index (κ1) is 27.0. The van der Waals surface area contributed by atoms with Crippen molar-refractivity contribution in [2.75, 3.05) is 13.2 Å². The highest BCUT2D eigenvalue weighted by molar-refractivity contribution is 6.87. The van der Waals surface area contributed by atoms with Gasteiger partial charge >= 0.3 is 44.5 Å². The van der Waals surface area contributed by atoms with Crippen LogP contribution >= 0.6 is 0 Å². The Balaban J connectivity index is 4.73. The van der Waals surface area contributed by atoms with Gasteiger partial charge in [0.2, 0.25) is 0 Å². The molecular weight excluding hydrogens is 437 g/mol. The van der Waals surface area contributed by atoms with Crippen LogP contribution in [0.25, 0.3) is 0 Å². The summed E-state index contributed by atoms with van der Waals surface area (Å²) in [5.74, 6) is 0. The molecule has 0 N–H and O–H groups in total. The molecule has 1 atom stereocenters. The summed E-state index contributed by atoms with van der Waals surface area (Å²) < 4.78 is 42.2. The third kappa shape index (κ3) is 13.2. The second kappa shape index (κ2) is 11.9. The molecule has 158 valence electrons. The molecule has 0 heterocycles. The molecule has 0 spiro atoms. The summed E-state index contributed by atoms with van der Waals surface area (Å²) in [6.07, 6.45) is 0. The molecule has 0 aromatic carbocycles. The molecule has 0 radical (unpaired) electrons. The van der Waals surface area contributed by atoms with Crippen LogP contribution in [0.5, 0.6) is 0 Å². The van der Waals surface area contributed by atoms with Gasteiger partial charge in [-0.2, -0.15) is 0 Å².